The summed E-state index contributed by atoms with van der Waals surface area (Å²) >= 11 is 0. The molecule has 0 aliphatic heterocycles. The number of nitrogens with zero attached hydrogens (tertiary/aromatic N) is 4. The van der Waals surface area contributed by atoms with Gasteiger partial charge in [0.05, 0.1) is 14.8 Å². The summed E-state index contributed by atoms with van der Waals surface area (Å²) in [7, 11) is 0. The lowest BCUT2D eigenvalue weighted by Gasteiger charge is -2.24. The highest BCUT2D eigenvalue weighted by Crippen LogP contribution is 2.31. The van der Waals surface area contributed by atoms with Crippen molar-refractivity contribution in [2.75, 3.05) is 0 Å². The molecule has 0 spiro atoms. The molecule has 0 atom stereocenters. The van der Waals surface area contributed by atoms with E-state index >= 15 is 0 Å². The highest BCUT2D eigenvalue weighted by Gasteiger charge is 2.20. The predicted molar refractivity (Wildman–Crippen MR) is 117 cm³/mol. The van der Waals surface area contributed by atoms with Gasteiger partial charge in [-0.15, -0.1) is 0 Å². The molecule has 0 bridgehead atoms. The Morgan fingerprint density at radius 2 is 0.824 bits per heavy atom. The Labute approximate surface area is 191 Å². The number of nitro groups is 3. The molecule has 0 fully saturated rings. The smallest absolute Gasteiger partial charge is 0.270 e. The van der Waals surface area contributed by atoms with E-state index in [1.54, 1.807) is 0 Å². The number of rotatable bonds is 9. The van der Waals surface area contributed by atoms with Gasteiger partial charge in [0.15, 0.2) is 0 Å². The topological polar surface area (TPSA) is 193 Å². The minimum atomic E-state index is -0.647. The van der Waals surface area contributed by atoms with E-state index in [4.69, 9.17) is 0 Å². The third kappa shape index (κ3) is 5.52. The van der Waals surface area contributed by atoms with Gasteiger partial charge in [-0.25, -0.2) is 0 Å². The molecule has 0 aromatic heterocycles. The fourth-order valence-electron chi connectivity index (χ4n) is 3.33. The standard InChI is InChI=1S/C21H18N4O9/c26-19-4-1-16(23(29)30)7-13(19)10-22(11-14-8-17(24(31)32)2-5-20(14)27)12-15-9-18(25(33)34)3-6-21(15)28/h1-9,26-28H,10-12H2. The molecule has 3 N–H and O–H groups in total. The first-order chi connectivity index (χ1) is 16.0. The van der Waals surface area contributed by atoms with Crippen LogP contribution in [0.2, 0.25) is 0 Å². The number of phenols is 3. The molecule has 0 saturated carbocycles. The first-order valence-corrected chi connectivity index (χ1v) is 9.66. The van der Waals surface area contributed by atoms with E-state index in [0.717, 1.165) is 54.6 Å². The van der Waals surface area contributed by atoms with Crippen LogP contribution in [0.3, 0.4) is 0 Å². The van der Waals surface area contributed by atoms with Crippen LogP contribution < -0.4 is 0 Å². The zero-order valence-corrected chi connectivity index (χ0v) is 17.4. The van der Waals surface area contributed by atoms with E-state index in [9.17, 15) is 45.7 Å². The molecule has 0 aliphatic carbocycles. The summed E-state index contributed by atoms with van der Waals surface area (Å²) in [5.41, 5.74) is -0.477. The highest BCUT2D eigenvalue weighted by atomic mass is 16.6. The molecule has 13 heteroatoms. The molecule has 0 radical (unpaired) electrons. The average Bonchev–Trinajstić information content (AvgIpc) is 2.77. The molecule has 176 valence electrons. The lowest BCUT2D eigenvalue weighted by atomic mass is 10.1. The van der Waals surface area contributed by atoms with Gasteiger partial charge in [-0.3, -0.25) is 35.2 Å². The summed E-state index contributed by atoms with van der Waals surface area (Å²) in [6, 6.07) is 10.2. The third-order valence-electron chi connectivity index (χ3n) is 5.00. The number of hydrogen-bond donors (Lipinski definition) is 3. The summed E-state index contributed by atoms with van der Waals surface area (Å²) < 4.78 is 0. The van der Waals surface area contributed by atoms with E-state index in [1.807, 2.05) is 0 Å². The van der Waals surface area contributed by atoms with Crippen molar-refractivity contribution < 1.29 is 30.1 Å². The number of hydrogen-bond acceptors (Lipinski definition) is 10. The Balaban J connectivity index is 2.02. The second-order valence-electron chi connectivity index (χ2n) is 7.36. The van der Waals surface area contributed by atoms with Crippen LogP contribution in [0.5, 0.6) is 17.2 Å². The highest BCUT2D eigenvalue weighted by molar-refractivity contribution is 5.46. The molecule has 3 aromatic carbocycles. The van der Waals surface area contributed by atoms with Crippen molar-refractivity contribution in [1.29, 1.82) is 0 Å². The fourth-order valence-corrected chi connectivity index (χ4v) is 3.33. The van der Waals surface area contributed by atoms with Crippen LogP contribution in [0.4, 0.5) is 17.1 Å². The van der Waals surface area contributed by atoms with Gasteiger partial charge in [-0.2, -0.15) is 0 Å². The summed E-state index contributed by atoms with van der Waals surface area (Å²) in [5.74, 6) is -0.786. The van der Waals surface area contributed by atoms with Crippen LogP contribution >= 0.6 is 0 Å². The van der Waals surface area contributed by atoms with Gasteiger partial charge in [0.2, 0.25) is 0 Å². The molecule has 0 aliphatic rings. The van der Waals surface area contributed by atoms with E-state index in [2.05, 4.69) is 0 Å². The van der Waals surface area contributed by atoms with Gasteiger partial charge in [0.1, 0.15) is 17.2 Å². The molecule has 0 unspecified atom stereocenters. The predicted octanol–water partition coefficient (Wildman–Crippen LogP) is 3.73. The molecule has 0 amide bonds. The van der Waals surface area contributed by atoms with E-state index in [1.165, 1.54) is 4.90 Å². The molecule has 3 aromatic rings. The number of non-ortho nitro benzene ring substituents is 3. The van der Waals surface area contributed by atoms with Gasteiger partial charge in [0.25, 0.3) is 17.1 Å². The van der Waals surface area contributed by atoms with Crippen LogP contribution in [0.15, 0.2) is 54.6 Å². The molecule has 0 saturated heterocycles. The Morgan fingerprint density at radius 3 is 1.06 bits per heavy atom. The van der Waals surface area contributed by atoms with Crippen LogP contribution in [-0.2, 0) is 19.6 Å². The molecule has 13 nitrogen and oxygen atoms in total. The van der Waals surface area contributed by atoms with Gasteiger partial charge >= 0.3 is 0 Å². The molecule has 3 rings (SSSR count). The molecule has 34 heavy (non-hydrogen) atoms. The monoisotopic (exact) mass is 470 g/mol. The van der Waals surface area contributed by atoms with Gasteiger partial charge < -0.3 is 15.3 Å². The largest absolute Gasteiger partial charge is 0.508 e. The SMILES string of the molecule is O=[N+]([O-])c1ccc(O)c(CN(Cc2cc([N+](=O)[O-])ccc2O)Cc2cc([N+](=O)[O-])ccc2O)c1. The maximum Gasteiger partial charge on any atom is 0.270 e. The normalized spacial score (nSPS) is 10.9. The van der Waals surface area contributed by atoms with Gasteiger partial charge in [-0.05, 0) is 18.2 Å². The zero-order valence-electron chi connectivity index (χ0n) is 17.4. The van der Waals surface area contributed by atoms with Crippen molar-refractivity contribution in [3.05, 3.63) is 102 Å². The quantitative estimate of drug-likeness (QED) is 0.306. The van der Waals surface area contributed by atoms with Crippen molar-refractivity contribution in [2.24, 2.45) is 0 Å². The van der Waals surface area contributed by atoms with Crippen molar-refractivity contribution in [3.63, 3.8) is 0 Å². The second-order valence-corrected chi connectivity index (χ2v) is 7.36. The second kappa shape index (κ2) is 9.79. The number of aromatic hydroxyl groups is 3. The number of nitro benzene ring substituents is 3. The molecular formula is C21H18N4O9. The van der Waals surface area contributed by atoms with Crippen molar-refractivity contribution in [1.82, 2.24) is 4.90 Å². The third-order valence-corrected chi connectivity index (χ3v) is 5.00. The van der Waals surface area contributed by atoms with Crippen LogP contribution in [-0.4, -0.2) is 35.0 Å². The van der Waals surface area contributed by atoms with E-state index < -0.39 is 14.8 Å². The summed E-state index contributed by atoms with van der Waals surface area (Å²) in [6.07, 6.45) is 0. The average molecular weight is 470 g/mol. The van der Waals surface area contributed by atoms with Gasteiger partial charge in [-0.1, -0.05) is 0 Å². The summed E-state index contributed by atoms with van der Waals surface area (Å²) in [4.78, 5) is 33.0. The molecule has 0 heterocycles. The Morgan fingerprint density at radius 1 is 0.559 bits per heavy atom. The fraction of sp³-hybridized carbons (Fsp3) is 0.143. The van der Waals surface area contributed by atoms with Crippen LogP contribution in [0, 0.1) is 30.3 Å². The first-order valence-electron chi connectivity index (χ1n) is 9.66. The molecular weight excluding hydrogens is 452 g/mol. The maximum atomic E-state index is 11.1. The lowest BCUT2D eigenvalue weighted by molar-refractivity contribution is -0.385. The Bertz CT molecular complexity index is 1120. The van der Waals surface area contributed by atoms with Gasteiger partial charge in [0, 0.05) is 72.7 Å². The van der Waals surface area contributed by atoms with Crippen molar-refractivity contribution in [3.8, 4) is 17.2 Å². The van der Waals surface area contributed by atoms with Crippen molar-refractivity contribution >= 4 is 17.1 Å². The van der Waals surface area contributed by atoms with Crippen LogP contribution in [0.25, 0.3) is 0 Å². The minimum Gasteiger partial charge on any atom is -0.508 e. The minimum absolute atomic E-state index is 0.129. The number of benzene rings is 3. The van der Waals surface area contributed by atoms with Crippen molar-refractivity contribution in [2.45, 2.75) is 19.6 Å². The maximum absolute atomic E-state index is 11.1. The van der Waals surface area contributed by atoms with Crippen LogP contribution in [0.1, 0.15) is 16.7 Å². The van der Waals surface area contributed by atoms with E-state index in [-0.39, 0.29) is 70.6 Å². The summed E-state index contributed by atoms with van der Waals surface area (Å²) in [5, 5.41) is 64.1. The first kappa shape index (κ1) is 23.9. The number of phenolic OH excluding ortho intramolecular Hbond substituents is 3. The lowest BCUT2D eigenvalue weighted by Crippen LogP contribution is -2.23. The summed E-state index contributed by atoms with van der Waals surface area (Å²) in [6.45, 7) is -0.465. The zero-order chi connectivity index (χ0) is 25.0. The Kier molecular flexibility index (Phi) is 6.87. The van der Waals surface area contributed by atoms with E-state index in [0.29, 0.717) is 0 Å². The Hall–Kier alpha value is -4.78.